The maximum atomic E-state index is 13.2. The van der Waals surface area contributed by atoms with Crippen molar-refractivity contribution in [2.75, 3.05) is 31.6 Å². The van der Waals surface area contributed by atoms with Crippen LogP contribution in [0.3, 0.4) is 0 Å². The molecule has 0 unspecified atom stereocenters. The monoisotopic (exact) mass is 422 g/mol. The molecule has 0 fully saturated rings. The van der Waals surface area contributed by atoms with Gasteiger partial charge in [-0.3, -0.25) is 14.4 Å². The van der Waals surface area contributed by atoms with Gasteiger partial charge in [-0.1, -0.05) is 18.2 Å². The van der Waals surface area contributed by atoms with Crippen LogP contribution in [0.25, 0.3) is 10.9 Å². The number of hydrogen-bond acceptors (Lipinski definition) is 4. The van der Waals surface area contributed by atoms with Crippen molar-refractivity contribution < 1.29 is 14.4 Å². The molecule has 0 saturated heterocycles. The Bertz CT molecular complexity index is 1190. The quantitative estimate of drug-likeness (QED) is 0.690. The van der Waals surface area contributed by atoms with Crippen LogP contribution in [-0.4, -0.2) is 59.2 Å². The zero-order chi connectivity index (χ0) is 21.0. The second kappa shape index (κ2) is 6.98. The predicted octanol–water partition coefficient (Wildman–Crippen LogP) is 2.87. The van der Waals surface area contributed by atoms with Crippen LogP contribution in [0.2, 0.25) is 0 Å². The molecule has 8 heteroatoms. The van der Waals surface area contributed by atoms with Crippen LogP contribution < -0.4 is 4.90 Å². The first-order chi connectivity index (χ1) is 14.5. The summed E-state index contributed by atoms with van der Waals surface area (Å²) < 4.78 is 0. The van der Waals surface area contributed by atoms with Gasteiger partial charge in [0.2, 0.25) is 5.91 Å². The number of anilines is 1. The first-order valence-electron chi connectivity index (χ1n) is 10.0. The number of hydrogen-bond donors (Lipinski definition) is 1. The fourth-order valence-corrected chi connectivity index (χ4v) is 5.81. The molecule has 0 atom stereocenters. The highest BCUT2D eigenvalue weighted by atomic mass is 32.1. The van der Waals surface area contributed by atoms with E-state index in [-0.39, 0.29) is 24.3 Å². The largest absolute Gasteiger partial charge is 0.360 e. The number of amides is 3. The molecule has 1 aromatic carbocycles. The normalized spacial score (nSPS) is 16.7. The van der Waals surface area contributed by atoms with E-state index in [2.05, 4.69) is 4.98 Å². The molecular formula is C22H22N4O3S. The van der Waals surface area contributed by atoms with Crippen molar-refractivity contribution in [3.8, 4) is 0 Å². The van der Waals surface area contributed by atoms with E-state index >= 15 is 0 Å². The third kappa shape index (κ3) is 2.74. The number of nitrogens with zero attached hydrogens (tertiary/aromatic N) is 3. The zero-order valence-electron chi connectivity index (χ0n) is 16.9. The smallest absolute Gasteiger partial charge is 0.257 e. The molecule has 3 aromatic rings. The van der Waals surface area contributed by atoms with Gasteiger partial charge in [0.05, 0.1) is 17.7 Å². The fraction of sp³-hybridized carbons (Fsp3) is 0.318. The molecule has 0 radical (unpaired) electrons. The minimum absolute atomic E-state index is 0.0198. The van der Waals surface area contributed by atoms with Crippen molar-refractivity contribution in [3.05, 3.63) is 52.0 Å². The topological polar surface area (TPSA) is 76.7 Å². The number of carbonyl (C=O) groups is 3. The summed E-state index contributed by atoms with van der Waals surface area (Å²) in [6, 6.07) is 7.76. The second-order valence-corrected chi connectivity index (χ2v) is 8.79. The summed E-state index contributed by atoms with van der Waals surface area (Å²) in [7, 11) is 1.67. The van der Waals surface area contributed by atoms with Gasteiger partial charge in [0.25, 0.3) is 11.8 Å². The van der Waals surface area contributed by atoms with E-state index in [0.717, 1.165) is 26.3 Å². The lowest BCUT2D eigenvalue weighted by atomic mass is 10.0. The Hall–Kier alpha value is -3.13. The highest BCUT2D eigenvalue weighted by molar-refractivity contribution is 7.17. The molecule has 4 heterocycles. The van der Waals surface area contributed by atoms with E-state index < -0.39 is 0 Å². The molecule has 0 saturated carbocycles. The van der Waals surface area contributed by atoms with Gasteiger partial charge < -0.3 is 19.7 Å². The number of para-hydroxylation sites is 1. The van der Waals surface area contributed by atoms with Crippen molar-refractivity contribution in [1.82, 2.24) is 14.8 Å². The Labute approximate surface area is 177 Å². The molecule has 2 aliphatic rings. The van der Waals surface area contributed by atoms with Crippen molar-refractivity contribution >= 4 is 45.0 Å². The van der Waals surface area contributed by atoms with Crippen LogP contribution in [0.1, 0.15) is 38.1 Å². The van der Waals surface area contributed by atoms with Crippen molar-refractivity contribution in [1.29, 1.82) is 0 Å². The summed E-state index contributed by atoms with van der Waals surface area (Å²) in [6.07, 6.45) is 2.38. The third-order valence-electron chi connectivity index (χ3n) is 5.94. The molecule has 3 amide bonds. The number of fused-ring (bicyclic) bond motifs is 4. The number of aromatic nitrogens is 1. The first-order valence-corrected chi connectivity index (χ1v) is 10.9. The molecule has 5 rings (SSSR count). The van der Waals surface area contributed by atoms with Gasteiger partial charge in [-0.05, 0) is 25.0 Å². The average Bonchev–Trinajstić information content (AvgIpc) is 3.32. The molecule has 154 valence electrons. The van der Waals surface area contributed by atoms with E-state index in [4.69, 9.17) is 0 Å². The van der Waals surface area contributed by atoms with Gasteiger partial charge in [0, 0.05) is 42.1 Å². The fourth-order valence-electron chi connectivity index (χ4n) is 4.38. The van der Waals surface area contributed by atoms with E-state index in [0.29, 0.717) is 37.2 Å². The van der Waals surface area contributed by atoms with Crippen LogP contribution in [0.15, 0.2) is 30.5 Å². The number of likely N-dealkylation sites (N-methyl/N-ethyl adjacent to an activating group) is 2. The lowest BCUT2D eigenvalue weighted by Crippen LogP contribution is -2.38. The second-order valence-electron chi connectivity index (χ2n) is 7.71. The molecule has 0 bridgehead atoms. The van der Waals surface area contributed by atoms with Gasteiger partial charge in [0.15, 0.2) is 0 Å². The molecule has 2 aromatic heterocycles. The van der Waals surface area contributed by atoms with E-state index in [9.17, 15) is 14.4 Å². The number of carbonyl (C=O) groups excluding carboxylic acids is 3. The molecule has 1 N–H and O–H groups in total. The lowest BCUT2D eigenvalue weighted by molar-refractivity contribution is -0.118. The summed E-state index contributed by atoms with van der Waals surface area (Å²) in [5, 5.41) is 1.64. The number of aromatic amines is 1. The summed E-state index contributed by atoms with van der Waals surface area (Å²) in [4.78, 5) is 48.0. The molecule has 30 heavy (non-hydrogen) atoms. The molecule has 7 nitrogen and oxygen atoms in total. The van der Waals surface area contributed by atoms with Gasteiger partial charge in [-0.15, -0.1) is 11.3 Å². The minimum Gasteiger partial charge on any atom is -0.360 e. The van der Waals surface area contributed by atoms with Crippen LogP contribution >= 0.6 is 11.3 Å². The van der Waals surface area contributed by atoms with Gasteiger partial charge in [-0.2, -0.15) is 0 Å². The number of nitrogens with one attached hydrogen (secondary N) is 1. The molecule has 0 spiro atoms. The Morgan fingerprint density at radius 2 is 2.00 bits per heavy atom. The van der Waals surface area contributed by atoms with E-state index in [1.807, 2.05) is 36.1 Å². The van der Waals surface area contributed by atoms with Gasteiger partial charge in [-0.25, -0.2) is 0 Å². The highest BCUT2D eigenvalue weighted by Gasteiger charge is 2.37. The molecular weight excluding hydrogens is 400 g/mol. The van der Waals surface area contributed by atoms with Crippen LogP contribution in [0, 0.1) is 0 Å². The van der Waals surface area contributed by atoms with Gasteiger partial charge in [0.1, 0.15) is 11.5 Å². The summed E-state index contributed by atoms with van der Waals surface area (Å²) in [6.45, 7) is 3.53. The maximum absolute atomic E-state index is 13.2. The Balaban J connectivity index is 1.51. The van der Waals surface area contributed by atoms with Crippen LogP contribution in [0.5, 0.6) is 0 Å². The third-order valence-corrected chi connectivity index (χ3v) is 7.18. The Kier molecular flexibility index (Phi) is 4.39. The number of H-pyrrole nitrogens is 1. The van der Waals surface area contributed by atoms with Crippen LogP contribution in [-0.2, 0) is 17.8 Å². The molecule has 2 aliphatic heterocycles. The summed E-state index contributed by atoms with van der Waals surface area (Å²) >= 11 is 1.47. The first kappa shape index (κ1) is 18.9. The number of benzene rings is 1. The Morgan fingerprint density at radius 1 is 1.20 bits per heavy atom. The van der Waals surface area contributed by atoms with Crippen molar-refractivity contribution in [2.24, 2.45) is 0 Å². The predicted molar refractivity (Wildman–Crippen MR) is 116 cm³/mol. The number of thiophene rings is 1. The lowest BCUT2D eigenvalue weighted by Gasteiger charge is -2.27. The van der Waals surface area contributed by atoms with Gasteiger partial charge >= 0.3 is 0 Å². The highest BCUT2D eigenvalue weighted by Crippen LogP contribution is 2.41. The standard InChI is InChI=1S/C22H22N4O3S/c1-3-26-18(27)12-24(2)21(29)19-14-8-9-25(11-17(14)30-22(19)26)20(28)15-10-23-16-7-5-4-6-13(15)16/h4-7,10,23H,3,8-9,11-12H2,1-2H3. The SMILES string of the molecule is CCN1C(=O)CN(C)C(=O)c2c1sc1c2CCN(C(=O)c2c[nH]c3ccccc23)C1. The van der Waals surface area contributed by atoms with E-state index in [1.54, 1.807) is 18.1 Å². The summed E-state index contributed by atoms with van der Waals surface area (Å²) in [5.41, 5.74) is 3.23. The number of rotatable bonds is 2. The minimum atomic E-state index is -0.108. The van der Waals surface area contributed by atoms with Crippen LogP contribution in [0.4, 0.5) is 5.00 Å². The maximum Gasteiger partial charge on any atom is 0.257 e. The molecule has 0 aliphatic carbocycles. The van der Waals surface area contributed by atoms with Crippen molar-refractivity contribution in [2.45, 2.75) is 19.9 Å². The van der Waals surface area contributed by atoms with Crippen molar-refractivity contribution in [3.63, 3.8) is 0 Å². The summed E-state index contributed by atoms with van der Waals surface area (Å²) in [5.74, 6) is -0.200. The Morgan fingerprint density at radius 3 is 2.80 bits per heavy atom. The zero-order valence-corrected chi connectivity index (χ0v) is 17.7. The average molecular weight is 423 g/mol. The van der Waals surface area contributed by atoms with E-state index in [1.165, 1.54) is 16.2 Å².